The Balaban J connectivity index is 1.04. The molecule has 2 heteroatoms. The van der Waals surface area contributed by atoms with Crippen molar-refractivity contribution < 1.29 is 4.42 Å². The molecule has 0 aliphatic heterocycles. The Morgan fingerprint density at radius 1 is 0.267 bits per heavy atom. The maximum Gasteiger partial charge on any atom is 0.159 e. The smallest absolute Gasteiger partial charge is 0.159 e. The van der Waals surface area contributed by atoms with Gasteiger partial charge in [-0.2, -0.15) is 0 Å². The summed E-state index contributed by atoms with van der Waals surface area (Å²) in [5.41, 5.74) is 11.8. The number of rotatable bonds is 6. The largest absolute Gasteiger partial charge is 0.453 e. The molecule has 0 saturated carbocycles. The van der Waals surface area contributed by atoms with Gasteiger partial charge in [0.15, 0.2) is 5.58 Å². The Hall–Kier alpha value is -7.94. The summed E-state index contributed by atoms with van der Waals surface area (Å²) in [6, 6.07) is 81.1. The summed E-state index contributed by atoms with van der Waals surface area (Å²) in [5, 5.41) is 12.2. The van der Waals surface area contributed by atoms with Crippen molar-refractivity contribution in [2.45, 2.75) is 0 Å². The Morgan fingerprint density at radius 2 is 0.683 bits per heavy atom. The number of nitrogens with zero attached hydrogens (tertiary/aromatic N) is 1. The molecule has 0 amide bonds. The van der Waals surface area contributed by atoms with Gasteiger partial charge in [-0.3, -0.25) is 0 Å². The highest BCUT2D eigenvalue weighted by Gasteiger charge is 2.21. The molecule has 0 spiro atoms. The van der Waals surface area contributed by atoms with Crippen molar-refractivity contribution in [1.29, 1.82) is 0 Å². The van der Waals surface area contributed by atoms with E-state index >= 15 is 0 Å². The zero-order valence-electron chi connectivity index (χ0n) is 32.7. The van der Waals surface area contributed by atoms with Crippen LogP contribution < -0.4 is 4.90 Å². The van der Waals surface area contributed by atoms with E-state index in [-0.39, 0.29) is 0 Å². The summed E-state index contributed by atoms with van der Waals surface area (Å²) in [7, 11) is 0. The molecule has 60 heavy (non-hydrogen) atoms. The quantitative estimate of drug-likeness (QED) is 0.157. The standard InChI is InChI=1S/C58H37NO/c1-2-14-38(15-3-1)47-24-12-25-52-53-26-13-27-56(58(53)60-57(47)52)59(43-32-28-39(29-33-43)54-36-41-16-4-6-18-45(41)48-20-8-10-22-50(48)54)44-34-30-40(31-35-44)55-37-42-17-5-7-19-46(42)49-21-9-11-23-51(49)55/h1-37H. The van der Waals surface area contributed by atoms with Gasteiger partial charge in [-0.25, -0.2) is 0 Å². The summed E-state index contributed by atoms with van der Waals surface area (Å²) in [6.07, 6.45) is 0. The van der Waals surface area contributed by atoms with Crippen LogP contribution in [-0.2, 0) is 0 Å². The lowest BCUT2D eigenvalue weighted by Crippen LogP contribution is -2.10. The monoisotopic (exact) mass is 763 g/mol. The molecule has 0 aliphatic rings. The minimum atomic E-state index is 0.852. The van der Waals surface area contributed by atoms with Crippen molar-refractivity contribution in [2.75, 3.05) is 4.90 Å². The van der Waals surface area contributed by atoms with Crippen molar-refractivity contribution in [3.63, 3.8) is 0 Å². The minimum absolute atomic E-state index is 0.852. The molecule has 0 unspecified atom stereocenters. The predicted molar refractivity (Wildman–Crippen MR) is 255 cm³/mol. The van der Waals surface area contributed by atoms with E-state index in [1.165, 1.54) is 65.3 Å². The number of hydrogen-bond acceptors (Lipinski definition) is 2. The Morgan fingerprint density at radius 3 is 1.23 bits per heavy atom. The van der Waals surface area contributed by atoms with Gasteiger partial charge in [-0.05, 0) is 113 Å². The summed E-state index contributed by atoms with van der Waals surface area (Å²) in [6.45, 7) is 0. The summed E-state index contributed by atoms with van der Waals surface area (Å²) in [4.78, 5) is 2.34. The molecule has 0 N–H and O–H groups in total. The molecule has 0 atom stereocenters. The molecular formula is C58H37NO. The molecular weight excluding hydrogens is 727 g/mol. The maximum absolute atomic E-state index is 7.02. The first kappa shape index (κ1) is 34.1. The molecule has 0 fully saturated rings. The van der Waals surface area contributed by atoms with E-state index < -0.39 is 0 Å². The van der Waals surface area contributed by atoms with E-state index in [9.17, 15) is 0 Å². The number of benzene rings is 11. The van der Waals surface area contributed by atoms with Crippen LogP contribution in [0.15, 0.2) is 229 Å². The van der Waals surface area contributed by atoms with Crippen LogP contribution in [0.2, 0.25) is 0 Å². The summed E-state index contributed by atoms with van der Waals surface area (Å²) >= 11 is 0. The van der Waals surface area contributed by atoms with E-state index in [2.05, 4.69) is 229 Å². The molecule has 0 saturated heterocycles. The van der Waals surface area contributed by atoms with Crippen molar-refractivity contribution in [1.82, 2.24) is 0 Å². The van der Waals surface area contributed by atoms with Crippen molar-refractivity contribution in [3.05, 3.63) is 224 Å². The van der Waals surface area contributed by atoms with Gasteiger partial charge in [-0.15, -0.1) is 0 Å². The lowest BCUT2D eigenvalue weighted by Gasteiger charge is -2.26. The molecule has 1 aromatic heterocycles. The first-order chi connectivity index (χ1) is 29.8. The third kappa shape index (κ3) is 5.50. The highest BCUT2D eigenvalue weighted by atomic mass is 16.3. The van der Waals surface area contributed by atoms with Gasteiger partial charge < -0.3 is 9.32 Å². The van der Waals surface area contributed by atoms with Crippen LogP contribution >= 0.6 is 0 Å². The van der Waals surface area contributed by atoms with Crippen LogP contribution in [0.25, 0.3) is 98.4 Å². The van der Waals surface area contributed by atoms with Gasteiger partial charge in [-0.1, -0.05) is 182 Å². The highest BCUT2D eigenvalue weighted by Crippen LogP contribution is 2.45. The average Bonchev–Trinajstić information content (AvgIpc) is 3.72. The van der Waals surface area contributed by atoms with E-state index in [1.54, 1.807) is 0 Å². The second-order valence-electron chi connectivity index (χ2n) is 15.6. The number of hydrogen-bond donors (Lipinski definition) is 0. The third-order valence-electron chi connectivity index (χ3n) is 12.2. The first-order valence-electron chi connectivity index (χ1n) is 20.6. The molecule has 12 rings (SSSR count). The SMILES string of the molecule is c1ccc(-c2cccc3c2oc2c(N(c4ccc(-c5cc6ccccc6c6ccccc56)cc4)c4ccc(-c5cc6ccccc6c6ccccc56)cc4)cccc23)cc1. The molecule has 12 aromatic rings. The molecule has 280 valence electrons. The number of para-hydroxylation sites is 2. The Labute approximate surface area is 347 Å². The van der Waals surface area contributed by atoms with E-state index in [1.807, 2.05) is 0 Å². The average molecular weight is 764 g/mol. The van der Waals surface area contributed by atoms with Crippen molar-refractivity contribution in [3.8, 4) is 33.4 Å². The lowest BCUT2D eigenvalue weighted by atomic mass is 9.93. The van der Waals surface area contributed by atoms with Crippen molar-refractivity contribution >= 4 is 82.1 Å². The molecule has 0 bridgehead atoms. The van der Waals surface area contributed by atoms with Crippen LogP contribution in [0.1, 0.15) is 0 Å². The number of furan rings is 1. The first-order valence-corrected chi connectivity index (χ1v) is 20.6. The Kier molecular flexibility index (Phi) is 7.89. The highest BCUT2D eigenvalue weighted by molar-refractivity contribution is 6.16. The minimum Gasteiger partial charge on any atom is -0.453 e. The Bertz CT molecular complexity index is 3420. The van der Waals surface area contributed by atoms with Crippen molar-refractivity contribution in [2.24, 2.45) is 0 Å². The fraction of sp³-hybridized carbons (Fsp3) is 0. The van der Waals surface area contributed by atoms with Gasteiger partial charge in [0.1, 0.15) is 5.58 Å². The third-order valence-corrected chi connectivity index (χ3v) is 12.2. The predicted octanol–water partition coefficient (Wildman–Crippen LogP) is 16.7. The van der Waals surface area contributed by atoms with Crippen LogP contribution in [0.4, 0.5) is 17.1 Å². The van der Waals surface area contributed by atoms with E-state index in [0.29, 0.717) is 0 Å². The topological polar surface area (TPSA) is 16.4 Å². The van der Waals surface area contributed by atoms with Gasteiger partial charge >= 0.3 is 0 Å². The van der Waals surface area contributed by atoms with Gasteiger partial charge in [0.05, 0.1) is 5.69 Å². The van der Waals surface area contributed by atoms with Crippen LogP contribution in [0.3, 0.4) is 0 Å². The zero-order valence-corrected chi connectivity index (χ0v) is 32.7. The second kappa shape index (κ2) is 13.9. The number of fused-ring (bicyclic) bond motifs is 9. The molecule has 0 radical (unpaired) electrons. The fourth-order valence-electron chi connectivity index (χ4n) is 9.42. The molecule has 11 aromatic carbocycles. The van der Waals surface area contributed by atoms with Gasteiger partial charge in [0.2, 0.25) is 0 Å². The van der Waals surface area contributed by atoms with Gasteiger partial charge in [0, 0.05) is 27.7 Å². The summed E-state index contributed by atoms with van der Waals surface area (Å²) in [5.74, 6) is 0. The van der Waals surface area contributed by atoms with Crippen LogP contribution in [0, 0.1) is 0 Å². The normalized spacial score (nSPS) is 11.7. The molecule has 1 heterocycles. The van der Waals surface area contributed by atoms with Gasteiger partial charge in [0.25, 0.3) is 0 Å². The molecule has 0 aliphatic carbocycles. The van der Waals surface area contributed by atoms with E-state index in [0.717, 1.165) is 50.1 Å². The maximum atomic E-state index is 7.02. The van der Waals surface area contributed by atoms with Crippen LogP contribution in [0.5, 0.6) is 0 Å². The molecule has 2 nitrogen and oxygen atoms in total. The van der Waals surface area contributed by atoms with Crippen LogP contribution in [-0.4, -0.2) is 0 Å². The summed E-state index contributed by atoms with van der Waals surface area (Å²) < 4.78 is 7.02. The fourth-order valence-corrected chi connectivity index (χ4v) is 9.42. The second-order valence-corrected chi connectivity index (χ2v) is 15.6. The lowest BCUT2D eigenvalue weighted by molar-refractivity contribution is 0.670. The number of anilines is 3. The zero-order chi connectivity index (χ0) is 39.6. The van der Waals surface area contributed by atoms with E-state index in [4.69, 9.17) is 4.42 Å².